The van der Waals surface area contributed by atoms with Gasteiger partial charge in [-0.05, 0) is 62.1 Å². The molecule has 1 N–H and O–H groups in total. The third-order valence-electron chi connectivity index (χ3n) is 5.54. The molecule has 3 aromatic rings. The second-order valence-corrected chi connectivity index (χ2v) is 9.40. The molecule has 1 aliphatic heterocycles. The topological polar surface area (TPSA) is 62.2 Å². The van der Waals surface area contributed by atoms with Crippen LogP contribution in [0, 0.1) is 5.82 Å². The van der Waals surface area contributed by atoms with E-state index in [0.717, 1.165) is 4.90 Å². The zero-order chi connectivity index (χ0) is 24.2. The van der Waals surface area contributed by atoms with Crippen molar-refractivity contribution in [2.45, 2.75) is 16.2 Å². The maximum atomic E-state index is 14.5. The van der Waals surface area contributed by atoms with Gasteiger partial charge in [-0.25, -0.2) is 4.39 Å². The Morgan fingerprint density at radius 1 is 1.06 bits per heavy atom. The number of rotatable bonds is 7. The lowest BCUT2D eigenvalue weighted by molar-refractivity contribution is -0.126. The van der Waals surface area contributed by atoms with Crippen molar-refractivity contribution in [3.05, 3.63) is 78.1 Å². The van der Waals surface area contributed by atoms with E-state index in [0.29, 0.717) is 35.8 Å². The van der Waals surface area contributed by atoms with Crippen LogP contribution >= 0.6 is 11.8 Å². The van der Waals surface area contributed by atoms with Gasteiger partial charge >= 0.3 is 0 Å². The molecule has 0 aliphatic carbocycles. The lowest BCUT2D eigenvalue weighted by atomic mass is 10.1. The number of halogens is 1. The number of hydrogen-bond donors (Lipinski definition) is 1. The number of carbonyl (C=O) groups excluding carboxylic acids is 1. The molecule has 6 nitrogen and oxygen atoms in total. The minimum absolute atomic E-state index is 0.106. The normalized spacial score (nSPS) is 17.9. The number of para-hydroxylation sites is 1. The number of anilines is 1. The van der Waals surface area contributed by atoms with Gasteiger partial charge in [0.25, 0.3) is 5.91 Å². The van der Waals surface area contributed by atoms with E-state index >= 15 is 0 Å². The van der Waals surface area contributed by atoms with Gasteiger partial charge in [-0.3, -0.25) is 4.79 Å². The molecule has 0 aromatic heterocycles. The molecule has 0 bridgehead atoms. The summed E-state index contributed by atoms with van der Waals surface area (Å²) in [7, 11) is 5.24. The first kappa shape index (κ1) is 24.1. The van der Waals surface area contributed by atoms with E-state index in [9.17, 15) is 14.3 Å². The van der Waals surface area contributed by atoms with Crippen LogP contribution in [-0.2, 0) is 4.79 Å². The fourth-order valence-electron chi connectivity index (χ4n) is 3.75. The van der Waals surface area contributed by atoms with Gasteiger partial charge in [0, 0.05) is 18.0 Å². The van der Waals surface area contributed by atoms with Crippen molar-refractivity contribution in [3.63, 3.8) is 0 Å². The van der Waals surface area contributed by atoms with E-state index in [-0.39, 0.29) is 5.75 Å². The monoisotopic (exact) mass is 482 g/mol. The Morgan fingerprint density at radius 3 is 2.50 bits per heavy atom. The first-order chi connectivity index (χ1) is 16.4. The molecule has 8 heteroatoms. The van der Waals surface area contributed by atoms with Gasteiger partial charge in [0.1, 0.15) is 17.6 Å². The van der Waals surface area contributed by atoms with Crippen molar-refractivity contribution in [3.8, 4) is 17.2 Å². The zero-order valence-electron chi connectivity index (χ0n) is 19.3. The molecule has 0 unspecified atom stereocenters. The maximum Gasteiger partial charge on any atom is 0.257 e. The number of amides is 1. The Morgan fingerprint density at radius 2 is 1.82 bits per heavy atom. The van der Waals surface area contributed by atoms with Gasteiger partial charge in [-0.15, -0.1) is 11.8 Å². The predicted octanol–water partition coefficient (Wildman–Crippen LogP) is 4.73. The van der Waals surface area contributed by atoms with Gasteiger partial charge in [0.15, 0.2) is 11.6 Å². The number of nitrogens with zero attached hydrogens (tertiary/aromatic N) is 2. The average Bonchev–Trinajstić information content (AvgIpc) is 2.93. The minimum Gasteiger partial charge on any atom is -0.494 e. The van der Waals surface area contributed by atoms with Crippen LogP contribution in [0.15, 0.2) is 71.6 Å². The summed E-state index contributed by atoms with van der Waals surface area (Å²) >= 11 is 1.31. The van der Waals surface area contributed by atoms with Crippen LogP contribution < -0.4 is 14.4 Å². The SMILES string of the molecule is COc1ccc([C@@H]2Sc3cc(Oc4ccccc4)ccc3N(CCN(C)C)C(=O)[C@@H]2O)cc1F. The molecule has 0 saturated heterocycles. The van der Waals surface area contributed by atoms with E-state index in [1.165, 1.54) is 31.0 Å². The number of thioether (sulfide) groups is 1. The molecular weight excluding hydrogens is 455 g/mol. The molecule has 178 valence electrons. The third-order valence-corrected chi connectivity index (χ3v) is 6.90. The predicted molar refractivity (Wildman–Crippen MR) is 131 cm³/mol. The summed E-state index contributed by atoms with van der Waals surface area (Å²) in [4.78, 5) is 17.7. The summed E-state index contributed by atoms with van der Waals surface area (Å²) < 4.78 is 25.5. The van der Waals surface area contributed by atoms with Crippen molar-refractivity contribution < 1.29 is 23.8 Å². The first-order valence-corrected chi connectivity index (χ1v) is 11.8. The van der Waals surface area contributed by atoms with Crippen molar-refractivity contribution in [2.75, 3.05) is 39.2 Å². The van der Waals surface area contributed by atoms with Crippen LogP contribution in [0.3, 0.4) is 0 Å². The molecule has 1 amide bonds. The maximum absolute atomic E-state index is 14.5. The summed E-state index contributed by atoms with van der Waals surface area (Å²) in [6, 6.07) is 19.4. The largest absolute Gasteiger partial charge is 0.494 e. The zero-order valence-corrected chi connectivity index (χ0v) is 20.1. The highest BCUT2D eigenvalue weighted by atomic mass is 32.2. The number of carbonyl (C=O) groups is 1. The Balaban J connectivity index is 1.74. The van der Waals surface area contributed by atoms with Crippen LogP contribution in [0.4, 0.5) is 10.1 Å². The van der Waals surface area contributed by atoms with Crippen LogP contribution in [0.5, 0.6) is 17.2 Å². The minimum atomic E-state index is -1.36. The highest BCUT2D eigenvalue weighted by Crippen LogP contribution is 2.47. The molecule has 0 radical (unpaired) electrons. The number of benzene rings is 3. The summed E-state index contributed by atoms with van der Waals surface area (Å²) in [6.07, 6.45) is -1.36. The number of likely N-dealkylation sites (N-methyl/N-ethyl adjacent to an activating group) is 1. The summed E-state index contributed by atoms with van der Waals surface area (Å²) in [6.45, 7) is 1.02. The fourth-order valence-corrected chi connectivity index (χ4v) is 5.03. The van der Waals surface area contributed by atoms with Crippen molar-refractivity contribution in [1.29, 1.82) is 0 Å². The fraction of sp³-hybridized carbons (Fsp3) is 0.269. The number of aliphatic hydroxyl groups excluding tert-OH is 1. The van der Waals surface area contributed by atoms with Crippen molar-refractivity contribution in [1.82, 2.24) is 4.90 Å². The van der Waals surface area contributed by atoms with Gasteiger partial charge in [-0.2, -0.15) is 0 Å². The highest BCUT2D eigenvalue weighted by molar-refractivity contribution is 7.99. The lowest BCUT2D eigenvalue weighted by Crippen LogP contribution is -2.43. The van der Waals surface area contributed by atoms with Crippen LogP contribution in [-0.4, -0.2) is 56.3 Å². The second-order valence-electron chi connectivity index (χ2n) is 8.22. The standard InChI is InChI=1S/C26H27FN2O4S/c1-28(2)13-14-29-21-11-10-19(33-18-7-5-4-6-8-18)16-23(21)34-25(24(30)26(29)31)17-9-12-22(32-3)20(27)15-17/h4-12,15-16,24-25,30H,13-14H2,1-3H3/t24-,25+/m1/s1. The molecule has 1 heterocycles. The molecule has 2 atom stereocenters. The van der Waals surface area contributed by atoms with E-state index in [1.54, 1.807) is 11.0 Å². The summed E-state index contributed by atoms with van der Waals surface area (Å²) in [5.41, 5.74) is 1.19. The van der Waals surface area contributed by atoms with Crippen LogP contribution in [0.1, 0.15) is 10.8 Å². The smallest absolute Gasteiger partial charge is 0.257 e. The Bertz CT molecular complexity index is 1160. The Labute approximate surface area is 202 Å². The number of hydrogen-bond acceptors (Lipinski definition) is 6. The van der Waals surface area contributed by atoms with Crippen molar-refractivity contribution >= 4 is 23.4 Å². The van der Waals surface area contributed by atoms with Crippen LogP contribution in [0.2, 0.25) is 0 Å². The molecule has 34 heavy (non-hydrogen) atoms. The Kier molecular flexibility index (Phi) is 7.41. The van der Waals surface area contributed by atoms with E-state index in [4.69, 9.17) is 9.47 Å². The van der Waals surface area contributed by atoms with Crippen LogP contribution in [0.25, 0.3) is 0 Å². The molecule has 0 saturated carbocycles. The first-order valence-electron chi connectivity index (χ1n) is 10.9. The molecule has 4 rings (SSSR count). The second kappa shape index (κ2) is 10.5. The highest BCUT2D eigenvalue weighted by Gasteiger charge is 2.37. The molecule has 0 spiro atoms. The van der Waals surface area contributed by atoms with Gasteiger partial charge < -0.3 is 24.4 Å². The number of fused-ring (bicyclic) bond motifs is 1. The van der Waals surface area contributed by atoms with E-state index < -0.39 is 23.1 Å². The molecule has 1 aliphatic rings. The number of methoxy groups -OCH3 is 1. The lowest BCUT2D eigenvalue weighted by Gasteiger charge is -2.26. The third kappa shape index (κ3) is 5.19. The quantitative estimate of drug-likeness (QED) is 0.526. The van der Waals surface area contributed by atoms with Gasteiger partial charge in [-0.1, -0.05) is 24.3 Å². The average molecular weight is 483 g/mol. The van der Waals surface area contributed by atoms with Gasteiger partial charge in [0.05, 0.1) is 18.0 Å². The Hall–Kier alpha value is -3.07. The molecular formula is C26H27FN2O4S. The van der Waals surface area contributed by atoms with Gasteiger partial charge in [0.2, 0.25) is 0 Å². The number of aliphatic hydroxyl groups is 1. The molecule has 0 fully saturated rings. The molecule has 3 aromatic carbocycles. The van der Waals surface area contributed by atoms with Crippen molar-refractivity contribution in [2.24, 2.45) is 0 Å². The van der Waals surface area contributed by atoms with E-state index in [1.807, 2.05) is 67.5 Å². The van der Waals surface area contributed by atoms with E-state index in [2.05, 4.69) is 0 Å². The summed E-state index contributed by atoms with van der Waals surface area (Å²) in [5, 5.41) is 10.4. The number of ether oxygens (including phenoxy) is 2. The summed E-state index contributed by atoms with van der Waals surface area (Å²) in [5.74, 6) is 0.431.